The van der Waals surface area contributed by atoms with Crippen LogP contribution >= 0.6 is 23.2 Å². The molecule has 0 heterocycles. The monoisotopic (exact) mass is 263 g/mol. The largest absolute Gasteiger partial charge is 0.288 e. The molecule has 0 amide bonds. The summed E-state index contributed by atoms with van der Waals surface area (Å²) >= 11 is 12.0. The summed E-state index contributed by atoms with van der Waals surface area (Å²) in [6, 6.07) is 0.482. The summed E-state index contributed by atoms with van der Waals surface area (Å²) in [5, 5.41) is 0. The van der Waals surface area contributed by atoms with Crippen LogP contribution in [-0.2, 0) is 0 Å². The van der Waals surface area contributed by atoms with Gasteiger partial charge in [0.15, 0.2) is 0 Å². The van der Waals surface area contributed by atoms with Crippen LogP contribution in [0, 0.1) is 5.92 Å². The Kier molecular flexibility index (Phi) is 6.75. The van der Waals surface area contributed by atoms with Gasteiger partial charge in [0.05, 0.1) is 0 Å². The summed E-state index contributed by atoms with van der Waals surface area (Å²) in [7, 11) is 0. The Labute approximate surface area is 110 Å². The fraction of sp³-hybridized carbons (Fsp3) is 0.923. The summed E-state index contributed by atoms with van der Waals surface area (Å²) < 4.78 is 0. The number of nitrogens with zero attached hydrogens (tertiary/aromatic N) is 1. The summed E-state index contributed by atoms with van der Waals surface area (Å²) in [5.41, 5.74) is 1.00. The molecule has 0 saturated heterocycles. The first kappa shape index (κ1) is 14.3. The van der Waals surface area contributed by atoms with Crippen molar-refractivity contribution >= 4 is 28.9 Å². The molecule has 1 aliphatic rings. The van der Waals surface area contributed by atoms with Crippen molar-refractivity contribution in [2.45, 2.75) is 69.7 Å². The highest BCUT2D eigenvalue weighted by Gasteiger charge is 2.16. The van der Waals surface area contributed by atoms with Crippen LogP contribution < -0.4 is 0 Å². The number of hydrogen-bond donors (Lipinski definition) is 0. The topological polar surface area (TPSA) is 12.4 Å². The average Bonchev–Trinajstić information content (AvgIpc) is 2.25. The summed E-state index contributed by atoms with van der Waals surface area (Å²) in [6.07, 6.45) is 8.48. The van der Waals surface area contributed by atoms with E-state index in [1.54, 1.807) is 0 Å². The van der Waals surface area contributed by atoms with Crippen molar-refractivity contribution in [3.63, 3.8) is 0 Å². The molecular formula is C13H23Cl2N. The van der Waals surface area contributed by atoms with Crippen molar-refractivity contribution < 1.29 is 0 Å². The van der Waals surface area contributed by atoms with Crippen molar-refractivity contribution in [2.24, 2.45) is 10.9 Å². The van der Waals surface area contributed by atoms with Crippen LogP contribution in [0.2, 0.25) is 0 Å². The number of alkyl halides is 2. The van der Waals surface area contributed by atoms with Gasteiger partial charge in [0.1, 0.15) is 4.84 Å². The molecule has 3 heteroatoms. The van der Waals surface area contributed by atoms with Gasteiger partial charge in [-0.1, -0.05) is 56.3 Å². The third kappa shape index (κ3) is 5.54. The third-order valence-corrected chi connectivity index (χ3v) is 3.66. The molecule has 1 nitrogen and oxygen atoms in total. The van der Waals surface area contributed by atoms with Gasteiger partial charge in [0.2, 0.25) is 0 Å². The second-order valence-electron chi connectivity index (χ2n) is 5.15. The van der Waals surface area contributed by atoms with Gasteiger partial charge in [-0.2, -0.15) is 0 Å². The van der Waals surface area contributed by atoms with Crippen molar-refractivity contribution in [2.75, 3.05) is 0 Å². The Morgan fingerprint density at radius 1 is 1.19 bits per heavy atom. The second-order valence-corrected chi connectivity index (χ2v) is 6.24. The van der Waals surface area contributed by atoms with E-state index >= 15 is 0 Å². The van der Waals surface area contributed by atoms with Crippen molar-refractivity contribution in [3.8, 4) is 0 Å². The van der Waals surface area contributed by atoms with Crippen molar-refractivity contribution in [1.82, 2.24) is 0 Å². The van der Waals surface area contributed by atoms with Gasteiger partial charge in [-0.15, -0.1) is 0 Å². The molecule has 16 heavy (non-hydrogen) atoms. The van der Waals surface area contributed by atoms with Gasteiger partial charge in [-0.05, 0) is 31.6 Å². The van der Waals surface area contributed by atoms with Gasteiger partial charge in [-0.3, -0.25) is 4.99 Å². The molecule has 0 N–H and O–H groups in total. The first-order chi connectivity index (χ1) is 7.59. The maximum atomic E-state index is 5.98. The number of hydrogen-bond acceptors (Lipinski definition) is 1. The fourth-order valence-electron chi connectivity index (χ4n) is 2.11. The standard InChI is InChI=1S/C13H23Cl2N/c1-10(2)8-9-12(13(14)15)16-11-6-4-3-5-7-11/h10-11,13H,3-9H2,1-2H3. The molecule has 0 bridgehead atoms. The smallest absolute Gasteiger partial charge is 0.145 e. The minimum absolute atomic E-state index is 0.416. The lowest BCUT2D eigenvalue weighted by Gasteiger charge is -2.20. The van der Waals surface area contributed by atoms with Crippen LogP contribution in [0.15, 0.2) is 4.99 Å². The van der Waals surface area contributed by atoms with E-state index in [0.29, 0.717) is 12.0 Å². The lowest BCUT2D eigenvalue weighted by molar-refractivity contribution is 0.442. The van der Waals surface area contributed by atoms with E-state index in [2.05, 4.69) is 13.8 Å². The molecule has 0 unspecified atom stereocenters. The summed E-state index contributed by atoms with van der Waals surface area (Å²) in [4.78, 5) is 4.34. The third-order valence-electron chi connectivity index (χ3n) is 3.15. The average molecular weight is 264 g/mol. The molecule has 0 radical (unpaired) electrons. The van der Waals surface area contributed by atoms with E-state index in [-0.39, 0.29) is 0 Å². The minimum atomic E-state index is -0.416. The molecule has 0 spiro atoms. The van der Waals surface area contributed by atoms with E-state index < -0.39 is 4.84 Å². The van der Waals surface area contributed by atoms with Crippen LogP contribution in [-0.4, -0.2) is 16.6 Å². The number of rotatable bonds is 5. The first-order valence-corrected chi connectivity index (χ1v) is 7.31. The molecule has 1 aliphatic carbocycles. The zero-order chi connectivity index (χ0) is 12.0. The Morgan fingerprint density at radius 2 is 1.81 bits per heavy atom. The SMILES string of the molecule is CC(C)CCC(=NC1CCCCC1)C(Cl)Cl. The zero-order valence-electron chi connectivity index (χ0n) is 10.4. The second kappa shape index (κ2) is 7.55. The minimum Gasteiger partial charge on any atom is -0.288 e. The normalized spacial score (nSPS) is 19.8. The zero-order valence-corrected chi connectivity index (χ0v) is 11.9. The van der Waals surface area contributed by atoms with Crippen molar-refractivity contribution in [1.29, 1.82) is 0 Å². The molecule has 1 saturated carbocycles. The fourth-order valence-corrected chi connectivity index (χ4v) is 2.44. The Bertz CT molecular complexity index is 218. The molecule has 0 aromatic heterocycles. The van der Waals surface area contributed by atoms with Gasteiger partial charge >= 0.3 is 0 Å². The van der Waals surface area contributed by atoms with Crippen molar-refractivity contribution in [3.05, 3.63) is 0 Å². The summed E-state index contributed by atoms with van der Waals surface area (Å²) in [6.45, 7) is 4.44. The quantitative estimate of drug-likeness (QED) is 0.489. The molecular weight excluding hydrogens is 241 g/mol. The van der Waals surface area contributed by atoms with Gasteiger partial charge in [0.25, 0.3) is 0 Å². The van der Waals surface area contributed by atoms with E-state index in [1.165, 1.54) is 32.1 Å². The van der Waals surface area contributed by atoms with E-state index in [1.807, 2.05) is 0 Å². The van der Waals surface area contributed by atoms with Crippen LogP contribution in [0.4, 0.5) is 0 Å². The highest BCUT2D eigenvalue weighted by Crippen LogP contribution is 2.23. The summed E-state index contributed by atoms with van der Waals surface area (Å²) in [5.74, 6) is 0.684. The van der Waals surface area contributed by atoms with Crippen LogP contribution in [0.5, 0.6) is 0 Å². The van der Waals surface area contributed by atoms with E-state index in [9.17, 15) is 0 Å². The first-order valence-electron chi connectivity index (χ1n) is 6.44. The Balaban J connectivity index is 2.49. The molecule has 1 fully saturated rings. The van der Waals surface area contributed by atoms with E-state index in [4.69, 9.17) is 28.2 Å². The predicted octanol–water partition coefficient (Wildman–Crippen LogP) is 5.00. The number of halogens is 2. The van der Waals surface area contributed by atoms with Gasteiger partial charge in [-0.25, -0.2) is 0 Å². The highest BCUT2D eigenvalue weighted by molar-refractivity contribution is 6.54. The highest BCUT2D eigenvalue weighted by atomic mass is 35.5. The Morgan fingerprint density at radius 3 is 2.31 bits per heavy atom. The Hall–Kier alpha value is 0.250. The molecule has 1 rings (SSSR count). The number of aliphatic imine (C=N–C) groups is 1. The lowest BCUT2D eigenvalue weighted by Crippen LogP contribution is -2.17. The molecule has 94 valence electrons. The predicted molar refractivity (Wildman–Crippen MR) is 73.9 cm³/mol. The van der Waals surface area contributed by atoms with Crippen LogP contribution in [0.1, 0.15) is 58.8 Å². The van der Waals surface area contributed by atoms with E-state index in [0.717, 1.165) is 18.6 Å². The molecule has 0 aromatic carbocycles. The molecule has 0 aliphatic heterocycles. The van der Waals surface area contributed by atoms with Gasteiger partial charge in [0, 0.05) is 11.8 Å². The van der Waals surface area contributed by atoms with Crippen LogP contribution in [0.25, 0.3) is 0 Å². The van der Waals surface area contributed by atoms with Gasteiger partial charge < -0.3 is 0 Å². The molecule has 0 aromatic rings. The molecule has 0 atom stereocenters. The van der Waals surface area contributed by atoms with Crippen LogP contribution in [0.3, 0.4) is 0 Å². The lowest BCUT2D eigenvalue weighted by atomic mass is 9.95. The maximum absolute atomic E-state index is 5.98. The maximum Gasteiger partial charge on any atom is 0.145 e.